The number of rotatable bonds is 3. The van der Waals surface area contributed by atoms with Crippen LogP contribution in [0, 0.1) is 6.92 Å². The fourth-order valence-electron chi connectivity index (χ4n) is 2.35. The number of hydrogen-bond donors (Lipinski definition) is 2. The Kier molecular flexibility index (Phi) is 6.64. The molecule has 7 heteroatoms. The summed E-state index contributed by atoms with van der Waals surface area (Å²) in [7, 11) is 0. The maximum Gasteiger partial charge on any atom is 0.261 e. The molecular formula is C14H22ClN3O2S. The molecule has 0 spiro atoms. The quantitative estimate of drug-likeness (QED) is 0.882. The molecule has 1 saturated heterocycles. The van der Waals surface area contributed by atoms with E-state index in [1.807, 2.05) is 19.1 Å². The normalized spacial score (nSPS) is 17.0. The van der Waals surface area contributed by atoms with Gasteiger partial charge in [-0.3, -0.25) is 9.59 Å². The molecule has 0 unspecified atom stereocenters. The largest absolute Gasteiger partial charge is 0.348 e. The summed E-state index contributed by atoms with van der Waals surface area (Å²) in [6, 6.07) is 3.49. The third-order valence-electron chi connectivity index (χ3n) is 3.50. The number of aryl methyl sites for hydroxylation is 1. The summed E-state index contributed by atoms with van der Waals surface area (Å²) >= 11 is 1.50. The highest BCUT2D eigenvalue weighted by atomic mass is 35.5. The predicted molar refractivity (Wildman–Crippen MR) is 87.0 cm³/mol. The highest BCUT2D eigenvalue weighted by Gasteiger charge is 2.25. The van der Waals surface area contributed by atoms with Crippen LogP contribution >= 0.6 is 23.7 Å². The highest BCUT2D eigenvalue weighted by molar-refractivity contribution is 7.13. The lowest BCUT2D eigenvalue weighted by Gasteiger charge is -2.33. The molecular weight excluding hydrogens is 310 g/mol. The first-order chi connectivity index (χ1) is 9.47. The van der Waals surface area contributed by atoms with Crippen molar-refractivity contribution in [2.24, 2.45) is 5.73 Å². The van der Waals surface area contributed by atoms with Crippen LogP contribution in [0.4, 0.5) is 0 Å². The fraction of sp³-hybridized carbons (Fsp3) is 0.571. The molecule has 0 saturated carbocycles. The van der Waals surface area contributed by atoms with E-state index in [2.05, 4.69) is 5.32 Å². The maximum absolute atomic E-state index is 12.0. The summed E-state index contributed by atoms with van der Waals surface area (Å²) < 4.78 is 0. The van der Waals surface area contributed by atoms with Gasteiger partial charge in [0.05, 0.1) is 10.9 Å². The van der Waals surface area contributed by atoms with Gasteiger partial charge in [-0.05, 0) is 38.8 Å². The number of likely N-dealkylation sites (tertiary alicyclic amines) is 1. The number of carbonyl (C=O) groups excluding carboxylic acids is 2. The first-order valence-electron chi connectivity index (χ1n) is 6.89. The van der Waals surface area contributed by atoms with Crippen LogP contribution in [-0.4, -0.2) is 41.9 Å². The minimum Gasteiger partial charge on any atom is -0.348 e. The van der Waals surface area contributed by atoms with Crippen molar-refractivity contribution in [3.05, 3.63) is 21.9 Å². The van der Waals surface area contributed by atoms with Crippen molar-refractivity contribution in [3.8, 4) is 0 Å². The molecule has 1 fully saturated rings. The first-order valence-corrected chi connectivity index (χ1v) is 7.70. The molecule has 1 aromatic rings. The van der Waals surface area contributed by atoms with Gasteiger partial charge in [0.1, 0.15) is 0 Å². The molecule has 3 N–H and O–H groups in total. The Bertz CT molecular complexity index is 496. The third-order valence-corrected chi connectivity index (χ3v) is 4.49. The third kappa shape index (κ3) is 4.69. The van der Waals surface area contributed by atoms with Crippen molar-refractivity contribution in [1.29, 1.82) is 0 Å². The maximum atomic E-state index is 12.0. The molecule has 2 heterocycles. The molecule has 2 amide bonds. The summed E-state index contributed by atoms with van der Waals surface area (Å²) in [6.07, 6.45) is 1.57. The summed E-state index contributed by atoms with van der Waals surface area (Å²) in [5.41, 5.74) is 5.60. The van der Waals surface area contributed by atoms with Gasteiger partial charge in [-0.15, -0.1) is 23.7 Å². The van der Waals surface area contributed by atoms with Gasteiger partial charge in [0.2, 0.25) is 5.91 Å². The van der Waals surface area contributed by atoms with Crippen LogP contribution < -0.4 is 11.1 Å². The molecule has 5 nitrogen and oxygen atoms in total. The summed E-state index contributed by atoms with van der Waals surface area (Å²) in [6.45, 7) is 5.01. The summed E-state index contributed by atoms with van der Waals surface area (Å²) in [4.78, 5) is 27.5. The second kappa shape index (κ2) is 7.77. The molecule has 0 radical (unpaired) electrons. The molecule has 1 aliphatic heterocycles. The van der Waals surface area contributed by atoms with Crippen LogP contribution in [0.1, 0.15) is 34.3 Å². The number of carbonyl (C=O) groups is 2. The van der Waals surface area contributed by atoms with E-state index >= 15 is 0 Å². The van der Waals surface area contributed by atoms with Crippen LogP contribution in [0.2, 0.25) is 0 Å². The van der Waals surface area contributed by atoms with Gasteiger partial charge in [-0.1, -0.05) is 0 Å². The van der Waals surface area contributed by atoms with Crippen LogP contribution in [0.3, 0.4) is 0 Å². The number of hydrogen-bond acceptors (Lipinski definition) is 4. The second-order valence-corrected chi connectivity index (χ2v) is 6.56. The minimum atomic E-state index is -0.449. The number of nitrogens with one attached hydrogen (secondary N) is 1. The summed E-state index contributed by atoms with van der Waals surface area (Å²) in [5, 5.41) is 3.04. The van der Waals surface area contributed by atoms with E-state index in [9.17, 15) is 9.59 Å². The van der Waals surface area contributed by atoms with Gasteiger partial charge in [0, 0.05) is 24.0 Å². The highest BCUT2D eigenvalue weighted by Crippen LogP contribution is 2.17. The Morgan fingerprint density at radius 1 is 1.38 bits per heavy atom. The molecule has 118 valence electrons. The SMILES string of the molecule is Cc1ccc(C(=O)NC2CCN(C(=O)[C@H](C)N)CC2)s1.Cl. The first kappa shape index (κ1) is 17.9. The lowest BCUT2D eigenvalue weighted by molar-refractivity contribution is -0.133. The number of thiophene rings is 1. The Morgan fingerprint density at radius 3 is 2.48 bits per heavy atom. The Balaban J connectivity index is 0.00000220. The molecule has 0 bridgehead atoms. The molecule has 2 rings (SSSR count). The Morgan fingerprint density at radius 2 is 2.00 bits per heavy atom. The van der Waals surface area contributed by atoms with Gasteiger partial charge in [-0.2, -0.15) is 0 Å². The van der Waals surface area contributed by atoms with E-state index in [1.54, 1.807) is 11.8 Å². The van der Waals surface area contributed by atoms with E-state index < -0.39 is 6.04 Å². The van der Waals surface area contributed by atoms with Crippen LogP contribution in [-0.2, 0) is 4.79 Å². The number of piperidine rings is 1. The van der Waals surface area contributed by atoms with E-state index in [0.717, 1.165) is 22.6 Å². The lowest BCUT2D eigenvalue weighted by atomic mass is 10.0. The summed E-state index contributed by atoms with van der Waals surface area (Å²) in [5.74, 6) is -0.0243. The molecule has 0 aliphatic carbocycles. The molecule has 1 aromatic heterocycles. The predicted octanol–water partition coefficient (Wildman–Crippen LogP) is 1.55. The van der Waals surface area contributed by atoms with Crippen molar-refractivity contribution in [2.75, 3.05) is 13.1 Å². The van der Waals surface area contributed by atoms with Crippen molar-refractivity contribution in [3.63, 3.8) is 0 Å². The lowest BCUT2D eigenvalue weighted by Crippen LogP contribution is -2.50. The van der Waals surface area contributed by atoms with Crippen molar-refractivity contribution < 1.29 is 9.59 Å². The van der Waals surface area contributed by atoms with Gasteiger partial charge in [0.25, 0.3) is 5.91 Å². The molecule has 21 heavy (non-hydrogen) atoms. The second-order valence-electron chi connectivity index (χ2n) is 5.27. The fourth-order valence-corrected chi connectivity index (χ4v) is 3.12. The van der Waals surface area contributed by atoms with E-state index in [1.165, 1.54) is 11.3 Å². The average molecular weight is 332 g/mol. The monoisotopic (exact) mass is 331 g/mol. The van der Waals surface area contributed by atoms with Crippen LogP contribution in [0.25, 0.3) is 0 Å². The van der Waals surface area contributed by atoms with Crippen molar-refractivity contribution >= 4 is 35.6 Å². The van der Waals surface area contributed by atoms with Gasteiger partial charge < -0.3 is 16.0 Å². The standard InChI is InChI=1S/C14H21N3O2S.ClH/c1-9-3-4-12(20-9)13(18)16-11-5-7-17(8-6-11)14(19)10(2)15;/h3-4,10-11H,5-8,15H2,1-2H3,(H,16,18);1H/t10-;/m0./s1. The molecule has 1 aliphatic rings. The Hall–Kier alpha value is -1.11. The average Bonchev–Trinajstić information content (AvgIpc) is 2.85. The number of nitrogens with two attached hydrogens (primary N) is 1. The number of amides is 2. The van der Waals surface area contributed by atoms with E-state index in [4.69, 9.17) is 5.73 Å². The smallest absolute Gasteiger partial charge is 0.261 e. The van der Waals surface area contributed by atoms with E-state index in [-0.39, 0.29) is 30.3 Å². The zero-order valence-corrected chi connectivity index (χ0v) is 13.9. The zero-order valence-electron chi connectivity index (χ0n) is 12.3. The zero-order chi connectivity index (χ0) is 14.7. The van der Waals surface area contributed by atoms with Crippen molar-refractivity contribution in [2.45, 2.75) is 38.8 Å². The van der Waals surface area contributed by atoms with Crippen molar-refractivity contribution in [1.82, 2.24) is 10.2 Å². The van der Waals surface area contributed by atoms with Gasteiger partial charge in [0.15, 0.2) is 0 Å². The number of halogens is 1. The number of nitrogens with zero attached hydrogens (tertiary/aromatic N) is 1. The van der Waals surface area contributed by atoms with Crippen LogP contribution in [0.5, 0.6) is 0 Å². The van der Waals surface area contributed by atoms with Gasteiger partial charge in [-0.25, -0.2) is 0 Å². The van der Waals surface area contributed by atoms with Gasteiger partial charge >= 0.3 is 0 Å². The molecule has 0 aromatic carbocycles. The topological polar surface area (TPSA) is 75.4 Å². The van der Waals surface area contributed by atoms with E-state index in [0.29, 0.717) is 13.1 Å². The minimum absolute atomic E-state index is 0. The Labute approximate surface area is 135 Å². The van der Waals surface area contributed by atoms with Crippen LogP contribution in [0.15, 0.2) is 12.1 Å². The molecule has 1 atom stereocenters.